The Kier molecular flexibility index (Phi) is 4.60. The van der Waals surface area contributed by atoms with Gasteiger partial charge in [0.25, 0.3) is 5.56 Å². The summed E-state index contributed by atoms with van der Waals surface area (Å²) in [6, 6.07) is 5.41. The Morgan fingerprint density at radius 3 is 3.00 bits per heavy atom. The summed E-state index contributed by atoms with van der Waals surface area (Å²) in [6.45, 7) is 1.72. The van der Waals surface area contributed by atoms with E-state index in [0.717, 1.165) is 5.56 Å². The molecule has 0 saturated heterocycles. The van der Waals surface area contributed by atoms with Gasteiger partial charge in [0.1, 0.15) is 13.2 Å². The second-order valence-electron chi connectivity index (χ2n) is 5.93. The van der Waals surface area contributed by atoms with E-state index in [9.17, 15) is 14.4 Å². The maximum absolute atomic E-state index is 12.2. The van der Waals surface area contributed by atoms with Crippen LogP contribution in [0.1, 0.15) is 11.1 Å². The number of rotatable bonds is 4. The van der Waals surface area contributed by atoms with Crippen molar-refractivity contribution in [3.63, 3.8) is 0 Å². The molecule has 8 heteroatoms. The number of aryl methyl sites for hydroxylation is 1. The van der Waals surface area contributed by atoms with Crippen molar-refractivity contribution in [1.82, 2.24) is 14.9 Å². The number of hydrogen-bond acceptors (Lipinski definition) is 5. The average molecular weight is 345 g/mol. The van der Waals surface area contributed by atoms with Gasteiger partial charge in [-0.05, 0) is 19.4 Å². The number of benzene rings is 1. The molecular formula is C17H19N3O5. The smallest absolute Gasteiger partial charge is 0.328 e. The number of nitrogens with one attached hydrogen (secondary N) is 2. The summed E-state index contributed by atoms with van der Waals surface area (Å²) in [6.07, 6.45) is 1.98. The Balaban J connectivity index is 1.67. The lowest BCUT2D eigenvalue weighted by atomic mass is 10.0. The van der Waals surface area contributed by atoms with E-state index in [2.05, 4.69) is 10.3 Å². The summed E-state index contributed by atoms with van der Waals surface area (Å²) in [7, 11) is 1.58. The number of carbonyl (C=O) groups is 1. The molecular weight excluding hydrogens is 326 g/mol. The van der Waals surface area contributed by atoms with Gasteiger partial charge in [0.15, 0.2) is 11.5 Å². The first kappa shape index (κ1) is 16.8. The predicted molar refractivity (Wildman–Crippen MR) is 90.2 cm³/mol. The van der Waals surface area contributed by atoms with Crippen molar-refractivity contribution < 1.29 is 14.3 Å². The lowest BCUT2D eigenvalue weighted by Gasteiger charge is -2.27. The van der Waals surface area contributed by atoms with E-state index in [1.807, 2.05) is 18.2 Å². The first-order valence-corrected chi connectivity index (χ1v) is 7.86. The van der Waals surface area contributed by atoms with Crippen molar-refractivity contribution in [2.24, 2.45) is 0 Å². The number of fused-ring (bicyclic) bond motifs is 1. The molecule has 2 N–H and O–H groups in total. The number of carbonyl (C=O) groups excluding carboxylic acids is 1. The highest BCUT2D eigenvalue weighted by atomic mass is 16.5. The van der Waals surface area contributed by atoms with Crippen molar-refractivity contribution in [1.29, 1.82) is 0 Å². The lowest BCUT2D eigenvalue weighted by Crippen LogP contribution is -2.45. The van der Waals surface area contributed by atoms with Gasteiger partial charge in [0.2, 0.25) is 5.91 Å². The summed E-state index contributed by atoms with van der Waals surface area (Å²) in [4.78, 5) is 37.5. The van der Waals surface area contributed by atoms with Gasteiger partial charge in [0, 0.05) is 17.3 Å². The number of aromatic nitrogens is 2. The average Bonchev–Trinajstić information content (AvgIpc) is 2.58. The van der Waals surface area contributed by atoms with Crippen LogP contribution in [0.4, 0.5) is 0 Å². The molecule has 0 spiro atoms. The van der Waals surface area contributed by atoms with Crippen LogP contribution in [-0.4, -0.2) is 35.2 Å². The zero-order chi connectivity index (χ0) is 18.0. The second kappa shape index (κ2) is 6.84. The van der Waals surface area contributed by atoms with Crippen molar-refractivity contribution >= 4 is 5.91 Å². The third-order valence-electron chi connectivity index (χ3n) is 4.04. The zero-order valence-corrected chi connectivity index (χ0v) is 14.0. The minimum atomic E-state index is -0.610. The molecule has 0 radical (unpaired) electrons. The fraction of sp³-hybridized carbons (Fsp3) is 0.353. The highest BCUT2D eigenvalue weighted by molar-refractivity contribution is 5.76. The maximum Gasteiger partial charge on any atom is 0.328 e. The van der Waals surface area contributed by atoms with Gasteiger partial charge < -0.3 is 14.8 Å². The Bertz CT molecular complexity index is 915. The fourth-order valence-corrected chi connectivity index (χ4v) is 2.81. The summed E-state index contributed by atoms with van der Waals surface area (Å²) < 4.78 is 12.1. The summed E-state index contributed by atoms with van der Waals surface area (Å²) in [5.74, 6) is 1.04. The van der Waals surface area contributed by atoms with Crippen LogP contribution < -0.4 is 26.0 Å². The van der Waals surface area contributed by atoms with Gasteiger partial charge >= 0.3 is 5.69 Å². The molecule has 1 amide bonds. The van der Waals surface area contributed by atoms with Crippen molar-refractivity contribution in [3.8, 4) is 11.5 Å². The van der Waals surface area contributed by atoms with E-state index in [0.29, 0.717) is 30.1 Å². The predicted octanol–water partition coefficient (Wildman–Crippen LogP) is -0.0265. The molecule has 1 aromatic heterocycles. The van der Waals surface area contributed by atoms with E-state index in [1.54, 1.807) is 14.0 Å². The first-order chi connectivity index (χ1) is 12.0. The molecule has 1 unspecified atom stereocenters. The summed E-state index contributed by atoms with van der Waals surface area (Å²) >= 11 is 0. The molecule has 3 rings (SSSR count). The van der Waals surface area contributed by atoms with E-state index in [4.69, 9.17) is 9.47 Å². The minimum absolute atomic E-state index is 0.169. The molecule has 2 aromatic rings. The van der Waals surface area contributed by atoms with Gasteiger partial charge in [-0.3, -0.25) is 19.1 Å². The Labute approximate surface area is 143 Å². The fourth-order valence-electron chi connectivity index (χ4n) is 2.81. The SMILES string of the molecule is COc1cccc2c1OCC(NC(=O)Cn1cc(C)c(=O)[nH]c1=O)C2. The van der Waals surface area contributed by atoms with Gasteiger partial charge in [-0.2, -0.15) is 0 Å². The molecule has 2 heterocycles. The molecule has 0 bridgehead atoms. The van der Waals surface area contributed by atoms with Gasteiger partial charge in [-0.15, -0.1) is 0 Å². The monoisotopic (exact) mass is 345 g/mol. The molecule has 0 fully saturated rings. The van der Waals surface area contributed by atoms with Crippen LogP contribution in [0.25, 0.3) is 0 Å². The number of H-pyrrole nitrogens is 1. The highest BCUT2D eigenvalue weighted by Gasteiger charge is 2.24. The third kappa shape index (κ3) is 3.57. The zero-order valence-electron chi connectivity index (χ0n) is 14.0. The molecule has 1 atom stereocenters. The van der Waals surface area contributed by atoms with E-state index in [1.165, 1.54) is 10.8 Å². The molecule has 132 valence electrons. The topological polar surface area (TPSA) is 102 Å². The third-order valence-corrected chi connectivity index (χ3v) is 4.04. The Morgan fingerprint density at radius 1 is 1.44 bits per heavy atom. The van der Waals surface area contributed by atoms with Crippen LogP contribution in [0.15, 0.2) is 34.0 Å². The number of aromatic amines is 1. The minimum Gasteiger partial charge on any atom is -0.493 e. The number of ether oxygens (including phenoxy) is 2. The Morgan fingerprint density at radius 2 is 2.24 bits per heavy atom. The van der Waals surface area contributed by atoms with Crippen LogP contribution in [-0.2, 0) is 17.8 Å². The van der Waals surface area contributed by atoms with E-state index >= 15 is 0 Å². The number of amides is 1. The quantitative estimate of drug-likeness (QED) is 0.810. The number of methoxy groups -OCH3 is 1. The molecule has 1 aliphatic heterocycles. The standard InChI is InChI=1S/C17H19N3O5/c1-10-7-20(17(23)19-16(10)22)8-14(21)18-12-6-11-4-3-5-13(24-2)15(11)25-9-12/h3-5,7,12H,6,8-9H2,1-2H3,(H,18,21)(H,19,22,23). The van der Waals surface area contributed by atoms with Crippen LogP contribution in [0.3, 0.4) is 0 Å². The summed E-state index contributed by atoms with van der Waals surface area (Å²) in [5.41, 5.74) is 0.260. The van der Waals surface area contributed by atoms with Crippen LogP contribution in [0, 0.1) is 6.92 Å². The van der Waals surface area contributed by atoms with Crippen LogP contribution in [0.5, 0.6) is 11.5 Å². The van der Waals surface area contributed by atoms with Gasteiger partial charge in [0.05, 0.1) is 13.2 Å². The molecule has 8 nitrogen and oxygen atoms in total. The van der Waals surface area contributed by atoms with E-state index in [-0.39, 0.29) is 18.5 Å². The van der Waals surface area contributed by atoms with Gasteiger partial charge in [-0.1, -0.05) is 12.1 Å². The van der Waals surface area contributed by atoms with Crippen molar-refractivity contribution in [2.45, 2.75) is 25.9 Å². The molecule has 0 aliphatic carbocycles. The van der Waals surface area contributed by atoms with Crippen molar-refractivity contribution in [3.05, 3.63) is 56.4 Å². The highest BCUT2D eigenvalue weighted by Crippen LogP contribution is 2.34. The lowest BCUT2D eigenvalue weighted by molar-refractivity contribution is -0.122. The molecule has 1 aromatic carbocycles. The normalized spacial score (nSPS) is 15.8. The van der Waals surface area contributed by atoms with Crippen molar-refractivity contribution in [2.75, 3.05) is 13.7 Å². The van der Waals surface area contributed by atoms with E-state index < -0.39 is 11.2 Å². The number of para-hydroxylation sites is 1. The van der Waals surface area contributed by atoms with Crippen LogP contribution in [0.2, 0.25) is 0 Å². The number of hydrogen-bond donors (Lipinski definition) is 2. The summed E-state index contributed by atoms with van der Waals surface area (Å²) in [5, 5.41) is 2.85. The molecule has 1 aliphatic rings. The molecule has 25 heavy (non-hydrogen) atoms. The molecule has 0 saturated carbocycles. The van der Waals surface area contributed by atoms with Crippen LogP contribution >= 0.6 is 0 Å². The largest absolute Gasteiger partial charge is 0.493 e. The van der Waals surface area contributed by atoms with Gasteiger partial charge in [-0.25, -0.2) is 4.79 Å². The maximum atomic E-state index is 12.2. The number of nitrogens with zero attached hydrogens (tertiary/aromatic N) is 1. The Hall–Kier alpha value is -3.03. The first-order valence-electron chi connectivity index (χ1n) is 7.86. The second-order valence-corrected chi connectivity index (χ2v) is 5.93.